The summed E-state index contributed by atoms with van der Waals surface area (Å²) >= 11 is 1.25. The number of nitrogens with one attached hydrogen (secondary N) is 1. The molecular formula is C11H10F3N3O2S. The van der Waals surface area contributed by atoms with Crippen molar-refractivity contribution >= 4 is 16.5 Å². The van der Waals surface area contributed by atoms with Gasteiger partial charge in [0.05, 0.1) is 0 Å². The quantitative estimate of drug-likeness (QED) is 0.920. The number of anilines is 1. The molecule has 1 aromatic carbocycles. The Balaban J connectivity index is 2.05. The number of benzene rings is 1. The fourth-order valence-corrected chi connectivity index (χ4v) is 1.94. The van der Waals surface area contributed by atoms with Gasteiger partial charge >= 0.3 is 6.36 Å². The number of hydrogen-bond acceptors (Lipinski definition) is 6. The molecule has 20 heavy (non-hydrogen) atoms. The van der Waals surface area contributed by atoms with Gasteiger partial charge in [0.15, 0.2) is 16.5 Å². The number of ether oxygens (including phenoxy) is 2. The number of aromatic nitrogens is 2. The van der Waals surface area contributed by atoms with Crippen LogP contribution in [0.1, 0.15) is 5.01 Å². The third-order valence-electron chi connectivity index (χ3n) is 2.11. The third kappa shape index (κ3) is 3.98. The van der Waals surface area contributed by atoms with E-state index in [4.69, 9.17) is 4.74 Å². The number of nitrogens with zero attached hydrogens (tertiary/aromatic N) is 2. The molecule has 0 unspecified atom stereocenters. The van der Waals surface area contributed by atoms with Crippen molar-refractivity contribution in [2.45, 2.75) is 13.0 Å². The van der Waals surface area contributed by atoms with E-state index in [2.05, 4.69) is 20.3 Å². The zero-order valence-corrected chi connectivity index (χ0v) is 11.1. The second kappa shape index (κ2) is 5.95. The number of rotatable bonds is 5. The summed E-state index contributed by atoms with van der Waals surface area (Å²) in [5.74, 6) is -0.399. The molecule has 0 atom stereocenters. The van der Waals surface area contributed by atoms with E-state index in [0.717, 1.165) is 0 Å². The molecule has 9 heteroatoms. The fourth-order valence-electron chi connectivity index (χ4n) is 1.33. The van der Waals surface area contributed by atoms with Crippen molar-refractivity contribution in [3.05, 3.63) is 29.3 Å². The highest BCUT2D eigenvalue weighted by atomic mass is 32.1. The van der Waals surface area contributed by atoms with E-state index in [1.54, 1.807) is 13.1 Å². The molecule has 0 radical (unpaired) electrons. The summed E-state index contributed by atoms with van der Waals surface area (Å²) in [6.07, 6.45) is -4.76. The van der Waals surface area contributed by atoms with Crippen molar-refractivity contribution in [1.29, 1.82) is 0 Å². The first-order chi connectivity index (χ1) is 9.48. The molecule has 0 spiro atoms. The Bertz CT molecular complexity index is 574. The smallest absolute Gasteiger partial charge is 0.482 e. The largest absolute Gasteiger partial charge is 0.573 e. The van der Waals surface area contributed by atoms with Gasteiger partial charge in [0.25, 0.3) is 0 Å². The minimum Gasteiger partial charge on any atom is -0.482 e. The molecule has 5 nitrogen and oxygen atoms in total. The van der Waals surface area contributed by atoms with E-state index in [1.807, 2.05) is 0 Å². The molecular weight excluding hydrogens is 295 g/mol. The Hall–Kier alpha value is -2.03. The van der Waals surface area contributed by atoms with Gasteiger partial charge in [-0.2, -0.15) is 0 Å². The average molecular weight is 305 g/mol. The minimum atomic E-state index is -4.76. The van der Waals surface area contributed by atoms with Crippen molar-refractivity contribution in [1.82, 2.24) is 10.2 Å². The van der Waals surface area contributed by atoms with E-state index in [1.165, 1.54) is 29.5 Å². The molecule has 0 aliphatic heterocycles. The highest BCUT2D eigenvalue weighted by Crippen LogP contribution is 2.32. The number of halogens is 3. The number of para-hydroxylation sites is 2. The topological polar surface area (TPSA) is 56.3 Å². The molecule has 2 aromatic rings. The zero-order chi connectivity index (χ0) is 14.6. The maximum absolute atomic E-state index is 12.2. The predicted octanol–water partition coefficient (Wildman–Crippen LogP) is 3.06. The fraction of sp³-hybridized carbons (Fsp3) is 0.273. The monoisotopic (exact) mass is 305 g/mol. The van der Waals surface area contributed by atoms with Gasteiger partial charge in [0.2, 0.25) is 5.13 Å². The molecule has 0 saturated heterocycles. The summed E-state index contributed by atoms with van der Waals surface area (Å²) in [5.41, 5.74) is 0. The van der Waals surface area contributed by atoms with Crippen LogP contribution in [0.3, 0.4) is 0 Å². The number of alkyl halides is 3. The minimum absolute atomic E-state index is 0.00830. The Labute approximate surface area is 116 Å². The lowest BCUT2D eigenvalue weighted by molar-refractivity contribution is -0.275. The van der Waals surface area contributed by atoms with Crippen molar-refractivity contribution in [3.63, 3.8) is 0 Å². The van der Waals surface area contributed by atoms with Gasteiger partial charge in [0, 0.05) is 7.05 Å². The molecule has 108 valence electrons. The zero-order valence-electron chi connectivity index (χ0n) is 10.3. The van der Waals surface area contributed by atoms with Gasteiger partial charge in [-0.3, -0.25) is 0 Å². The van der Waals surface area contributed by atoms with E-state index < -0.39 is 12.1 Å². The summed E-state index contributed by atoms with van der Waals surface area (Å²) in [6.45, 7) is 0.0115. The average Bonchev–Trinajstić information content (AvgIpc) is 2.84. The van der Waals surface area contributed by atoms with Crippen LogP contribution < -0.4 is 14.8 Å². The van der Waals surface area contributed by atoms with E-state index in [0.29, 0.717) is 10.1 Å². The summed E-state index contributed by atoms with van der Waals surface area (Å²) in [6, 6.07) is 5.55. The van der Waals surface area contributed by atoms with Crippen molar-refractivity contribution in [2.24, 2.45) is 0 Å². The lowest BCUT2D eigenvalue weighted by Crippen LogP contribution is -2.17. The van der Waals surface area contributed by atoms with Gasteiger partial charge < -0.3 is 14.8 Å². The second-order valence-corrected chi connectivity index (χ2v) is 4.60. The van der Waals surface area contributed by atoms with Crippen molar-refractivity contribution in [2.75, 3.05) is 12.4 Å². The summed E-state index contributed by atoms with van der Waals surface area (Å²) < 4.78 is 45.8. The SMILES string of the molecule is CNc1nnc(COc2ccccc2OC(F)(F)F)s1. The first-order valence-electron chi connectivity index (χ1n) is 5.45. The van der Waals surface area contributed by atoms with E-state index in [-0.39, 0.29) is 12.4 Å². The second-order valence-electron chi connectivity index (χ2n) is 3.53. The first kappa shape index (κ1) is 14.4. The molecule has 0 fully saturated rings. The van der Waals surface area contributed by atoms with Crippen LogP contribution in [0, 0.1) is 0 Å². The van der Waals surface area contributed by atoms with Crippen LogP contribution in [-0.2, 0) is 6.61 Å². The molecule has 2 rings (SSSR count). The van der Waals surface area contributed by atoms with Crippen LogP contribution in [0.25, 0.3) is 0 Å². The van der Waals surface area contributed by atoms with Gasteiger partial charge in [-0.25, -0.2) is 0 Å². The van der Waals surface area contributed by atoms with Crippen molar-refractivity contribution in [3.8, 4) is 11.5 Å². The molecule has 0 bridgehead atoms. The Morgan fingerprint density at radius 1 is 1.20 bits per heavy atom. The summed E-state index contributed by atoms with van der Waals surface area (Å²) in [4.78, 5) is 0. The lowest BCUT2D eigenvalue weighted by Gasteiger charge is -2.13. The standard InChI is InChI=1S/C11H10F3N3O2S/c1-15-10-17-16-9(20-10)6-18-7-4-2-3-5-8(7)19-11(12,13)14/h2-5H,6H2,1H3,(H,15,17). The van der Waals surface area contributed by atoms with Gasteiger partial charge in [-0.1, -0.05) is 23.5 Å². The number of hydrogen-bond donors (Lipinski definition) is 1. The highest BCUT2D eigenvalue weighted by molar-refractivity contribution is 7.15. The molecule has 0 aliphatic carbocycles. The maximum Gasteiger partial charge on any atom is 0.573 e. The normalized spacial score (nSPS) is 11.2. The Kier molecular flexibility index (Phi) is 4.28. The lowest BCUT2D eigenvalue weighted by atomic mass is 10.3. The van der Waals surface area contributed by atoms with Crippen LogP contribution in [0.5, 0.6) is 11.5 Å². The molecule has 1 N–H and O–H groups in total. The van der Waals surface area contributed by atoms with E-state index >= 15 is 0 Å². The Morgan fingerprint density at radius 3 is 2.50 bits per heavy atom. The molecule has 0 saturated carbocycles. The van der Waals surface area contributed by atoms with Gasteiger partial charge in [-0.15, -0.1) is 23.4 Å². The molecule has 0 aliphatic rings. The Morgan fingerprint density at radius 2 is 1.90 bits per heavy atom. The summed E-state index contributed by atoms with van der Waals surface area (Å²) in [7, 11) is 1.69. The highest BCUT2D eigenvalue weighted by Gasteiger charge is 2.32. The van der Waals surface area contributed by atoms with Gasteiger partial charge in [-0.05, 0) is 12.1 Å². The van der Waals surface area contributed by atoms with Crippen LogP contribution in [0.4, 0.5) is 18.3 Å². The maximum atomic E-state index is 12.2. The van der Waals surface area contributed by atoms with Crippen LogP contribution in [-0.4, -0.2) is 23.6 Å². The first-order valence-corrected chi connectivity index (χ1v) is 6.27. The molecule has 1 aromatic heterocycles. The van der Waals surface area contributed by atoms with Gasteiger partial charge in [0.1, 0.15) is 6.61 Å². The predicted molar refractivity (Wildman–Crippen MR) is 66.9 cm³/mol. The van der Waals surface area contributed by atoms with Crippen LogP contribution >= 0.6 is 11.3 Å². The molecule has 1 heterocycles. The van der Waals surface area contributed by atoms with E-state index in [9.17, 15) is 13.2 Å². The third-order valence-corrected chi connectivity index (χ3v) is 3.02. The van der Waals surface area contributed by atoms with Crippen molar-refractivity contribution < 1.29 is 22.6 Å². The van der Waals surface area contributed by atoms with Crippen LogP contribution in [0.15, 0.2) is 24.3 Å². The summed E-state index contributed by atoms with van der Waals surface area (Å²) in [5, 5.41) is 11.6. The van der Waals surface area contributed by atoms with Crippen LogP contribution in [0.2, 0.25) is 0 Å². The molecule has 0 amide bonds.